The fourth-order valence-electron chi connectivity index (χ4n) is 3.66. The quantitative estimate of drug-likeness (QED) is 0.268. The summed E-state index contributed by atoms with van der Waals surface area (Å²) in [6, 6.07) is 18.0. The van der Waals surface area contributed by atoms with Crippen LogP contribution in [-0.4, -0.2) is 20.6 Å². The molecule has 0 saturated carbocycles. The van der Waals surface area contributed by atoms with Crippen LogP contribution in [-0.2, 0) is 0 Å². The first-order chi connectivity index (χ1) is 16.5. The summed E-state index contributed by atoms with van der Waals surface area (Å²) >= 11 is 5.01. The van der Waals surface area contributed by atoms with E-state index in [0.29, 0.717) is 0 Å². The molecule has 1 aliphatic heterocycles. The fourth-order valence-corrected chi connectivity index (χ4v) is 4.98. The topological polar surface area (TPSA) is 108 Å². The molecule has 1 aromatic heterocycles. The Morgan fingerprint density at radius 1 is 1.12 bits per heavy atom. The lowest BCUT2D eigenvalue weighted by Crippen LogP contribution is -2.15. The van der Waals surface area contributed by atoms with E-state index >= 15 is 0 Å². The molecule has 0 radical (unpaired) electrons. The molecular formula is C25H18BrN5O2S. The number of allylic oxidation sites excluding steroid dienone is 4. The Hall–Kier alpha value is -3.69. The van der Waals surface area contributed by atoms with Gasteiger partial charge in [-0.2, -0.15) is 0 Å². The van der Waals surface area contributed by atoms with Crippen molar-refractivity contribution in [3.05, 3.63) is 122 Å². The Balaban J connectivity index is 1.48. The molecular weight excluding hydrogens is 514 g/mol. The molecule has 2 aromatic carbocycles. The summed E-state index contributed by atoms with van der Waals surface area (Å²) in [6.07, 6.45) is 8.14. The van der Waals surface area contributed by atoms with Crippen molar-refractivity contribution in [1.82, 2.24) is 15.3 Å². The average molecular weight is 532 g/mol. The van der Waals surface area contributed by atoms with E-state index in [2.05, 4.69) is 31.2 Å². The second-order valence-corrected chi connectivity index (χ2v) is 9.61. The highest BCUT2D eigenvalue weighted by Gasteiger charge is 2.26. The van der Waals surface area contributed by atoms with E-state index in [1.54, 1.807) is 6.08 Å². The zero-order chi connectivity index (χ0) is 23.7. The van der Waals surface area contributed by atoms with Gasteiger partial charge in [-0.3, -0.25) is 10.1 Å². The maximum absolute atomic E-state index is 11.0. The van der Waals surface area contributed by atoms with Crippen LogP contribution in [0.5, 0.6) is 0 Å². The lowest BCUT2D eigenvalue weighted by molar-refractivity contribution is -0.419. The summed E-state index contributed by atoms with van der Waals surface area (Å²) < 4.78 is 0.985. The maximum Gasteiger partial charge on any atom is 0.270 e. The SMILES string of the molecule is N=C1C=C([N+](=O)[O-])C=CC1C=C1NC(c2ccc(Br)cc2)=C(c2ncc(-c3ccccc3)[nH]2)S1. The first-order valence-corrected chi connectivity index (χ1v) is 12.0. The summed E-state index contributed by atoms with van der Waals surface area (Å²) in [5.41, 5.74) is 3.97. The van der Waals surface area contributed by atoms with Gasteiger partial charge in [-0.15, -0.1) is 0 Å². The van der Waals surface area contributed by atoms with Crippen LogP contribution < -0.4 is 5.32 Å². The number of aromatic amines is 1. The van der Waals surface area contributed by atoms with Crippen LogP contribution >= 0.6 is 27.7 Å². The van der Waals surface area contributed by atoms with Crippen LogP contribution in [0.15, 0.2) is 100 Å². The van der Waals surface area contributed by atoms with Gasteiger partial charge in [-0.05, 0) is 29.3 Å². The van der Waals surface area contributed by atoms with Crippen molar-refractivity contribution >= 4 is 44.0 Å². The van der Waals surface area contributed by atoms with E-state index < -0.39 is 4.92 Å². The number of aromatic nitrogens is 2. The van der Waals surface area contributed by atoms with E-state index in [4.69, 9.17) is 5.41 Å². The van der Waals surface area contributed by atoms with Gasteiger partial charge in [0.1, 0.15) is 5.82 Å². The molecule has 3 N–H and O–H groups in total. The van der Waals surface area contributed by atoms with Crippen molar-refractivity contribution in [2.75, 3.05) is 0 Å². The summed E-state index contributed by atoms with van der Waals surface area (Å²) in [5.74, 6) is 0.378. The van der Waals surface area contributed by atoms with Crippen LogP contribution in [0, 0.1) is 21.4 Å². The minimum atomic E-state index is -0.483. The Labute approximate surface area is 208 Å². The Kier molecular flexibility index (Phi) is 6.04. The molecule has 0 amide bonds. The van der Waals surface area contributed by atoms with E-state index in [0.717, 1.165) is 42.7 Å². The lowest BCUT2D eigenvalue weighted by atomic mass is 9.97. The molecule has 168 valence electrons. The van der Waals surface area contributed by atoms with Gasteiger partial charge in [0.05, 0.1) is 32.4 Å². The minimum absolute atomic E-state index is 0.0786. The van der Waals surface area contributed by atoms with Crippen molar-refractivity contribution in [2.24, 2.45) is 5.92 Å². The molecule has 5 rings (SSSR count). The molecule has 0 fully saturated rings. The summed E-state index contributed by atoms with van der Waals surface area (Å²) in [5, 5.41) is 23.6. The summed E-state index contributed by atoms with van der Waals surface area (Å²) in [4.78, 5) is 19.5. The zero-order valence-electron chi connectivity index (χ0n) is 17.7. The number of halogens is 1. The van der Waals surface area contributed by atoms with Crippen molar-refractivity contribution in [1.29, 1.82) is 5.41 Å². The molecule has 2 aliphatic rings. The zero-order valence-corrected chi connectivity index (χ0v) is 20.1. The summed E-state index contributed by atoms with van der Waals surface area (Å²) in [7, 11) is 0. The fraction of sp³-hybridized carbons (Fsp3) is 0.0400. The molecule has 1 aliphatic carbocycles. The van der Waals surface area contributed by atoms with E-state index in [-0.39, 0.29) is 17.3 Å². The van der Waals surface area contributed by atoms with Gasteiger partial charge < -0.3 is 15.7 Å². The third-order valence-electron chi connectivity index (χ3n) is 5.37. The van der Waals surface area contributed by atoms with Crippen molar-refractivity contribution in [3.8, 4) is 11.3 Å². The number of nitrogens with one attached hydrogen (secondary N) is 3. The monoisotopic (exact) mass is 531 g/mol. The van der Waals surface area contributed by atoms with Crippen LogP contribution in [0.3, 0.4) is 0 Å². The number of hydrogen-bond donors (Lipinski definition) is 3. The molecule has 0 spiro atoms. The molecule has 7 nitrogen and oxygen atoms in total. The van der Waals surface area contributed by atoms with E-state index in [1.165, 1.54) is 23.9 Å². The maximum atomic E-state index is 11.0. The van der Waals surface area contributed by atoms with Gasteiger partial charge in [-0.1, -0.05) is 76.2 Å². The Morgan fingerprint density at radius 3 is 2.59 bits per heavy atom. The van der Waals surface area contributed by atoms with Gasteiger partial charge in [0, 0.05) is 28.3 Å². The molecule has 34 heavy (non-hydrogen) atoms. The van der Waals surface area contributed by atoms with Gasteiger partial charge >= 0.3 is 0 Å². The molecule has 0 saturated heterocycles. The number of imidazole rings is 1. The number of rotatable bonds is 5. The van der Waals surface area contributed by atoms with Crippen molar-refractivity contribution in [3.63, 3.8) is 0 Å². The highest BCUT2D eigenvalue weighted by atomic mass is 79.9. The van der Waals surface area contributed by atoms with Gasteiger partial charge in [-0.25, -0.2) is 4.98 Å². The molecule has 3 aromatic rings. The Morgan fingerprint density at radius 2 is 1.88 bits per heavy atom. The highest BCUT2D eigenvalue weighted by molar-refractivity contribution is 9.10. The van der Waals surface area contributed by atoms with Crippen LogP contribution in [0.4, 0.5) is 0 Å². The number of hydrogen-bond acceptors (Lipinski definition) is 6. The second kappa shape index (κ2) is 9.28. The number of nitrogens with zero attached hydrogens (tertiary/aromatic N) is 2. The van der Waals surface area contributed by atoms with E-state index in [1.807, 2.05) is 66.9 Å². The van der Waals surface area contributed by atoms with Crippen LogP contribution in [0.25, 0.3) is 21.9 Å². The first kappa shape index (κ1) is 22.1. The predicted molar refractivity (Wildman–Crippen MR) is 139 cm³/mol. The number of thioether (sulfide) groups is 1. The van der Waals surface area contributed by atoms with Crippen LogP contribution in [0.2, 0.25) is 0 Å². The number of benzene rings is 2. The van der Waals surface area contributed by atoms with Gasteiger partial charge in [0.2, 0.25) is 0 Å². The van der Waals surface area contributed by atoms with Crippen LogP contribution in [0.1, 0.15) is 11.4 Å². The van der Waals surface area contributed by atoms with E-state index in [9.17, 15) is 10.1 Å². The van der Waals surface area contributed by atoms with Gasteiger partial charge in [0.15, 0.2) is 0 Å². The average Bonchev–Trinajstić information content (AvgIpc) is 3.49. The summed E-state index contributed by atoms with van der Waals surface area (Å²) in [6.45, 7) is 0. The molecule has 2 heterocycles. The third-order valence-corrected chi connectivity index (χ3v) is 6.96. The molecule has 9 heteroatoms. The Bertz CT molecular complexity index is 1400. The second-order valence-electron chi connectivity index (χ2n) is 7.65. The van der Waals surface area contributed by atoms with Crippen molar-refractivity contribution < 1.29 is 4.92 Å². The molecule has 1 unspecified atom stereocenters. The van der Waals surface area contributed by atoms with Crippen molar-refractivity contribution in [2.45, 2.75) is 0 Å². The van der Waals surface area contributed by atoms with Gasteiger partial charge in [0.25, 0.3) is 5.70 Å². The first-order valence-electron chi connectivity index (χ1n) is 10.4. The lowest BCUT2D eigenvalue weighted by Gasteiger charge is -2.12. The normalized spacial score (nSPS) is 18.9. The predicted octanol–water partition coefficient (Wildman–Crippen LogP) is 6.21. The third kappa shape index (κ3) is 4.52. The molecule has 1 atom stereocenters. The molecule has 0 bridgehead atoms. The number of H-pyrrole nitrogens is 1. The number of nitro groups is 1. The standard InChI is InChI=1S/C25H18BrN5O2S/c26-18-9-6-16(7-10-18)23-24(25-28-14-21(29-25)15-4-2-1-3-5-15)34-22(30-23)12-17-8-11-19(31(32)33)13-20(17)27/h1-14,17,27,30H,(H,28,29). The highest BCUT2D eigenvalue weighted by Crippen LogP contribution is 2.44. The smallest absolute Gasteiger partial charge is 0.270 e. The largest absolute Gasteiger partial charge is 0.349 e. The minimum Gasteiger partial charge on any atom is -0.349 e.